The van der Waals surface area contributed by atoms with E-state index in [1.807, 2.05) is 0 Å². The Morgan fingerprint density at radius 1 is 0.742 bits per heavy atom. The molecule has 1 aliphatic carbocycles. The second kappa shape index (κ2) is 13.5. The Morgan fingerprint density at radius 3 is 1.87 bits per heavy atom. The molecule has 2 fully saturated rings. The van der Waals surface area contributed by atoms with Crippen molar-refractivity contribution in [1.29, 1.82) is 0 Å². The largest absolute Gasteiger partial charge is 0.370 e. The van der Waals surface area contributed by atoms with Crippen molar-refractivity contribution in [3.8, 4) is 0 Å². The number of unbranched alkanes of at least 4 members (excludes halogenated alkanes) is 5. The molecule has 0 amide bonds. The van der Waals surface area contributed by atoms with Gasteiger partial charge in [-0.15, -0.1) is 0 Å². The van der Waals surface area contributed by atoms with Crippen LogP contribution in [0.4, 0.5) is 0 Å². The van der Waals surface area contributed by atoms with Gasteiger partial charge >= 0.3 is 0 Å². The smallest absolute Gasteiger partial charge is 0.286 e. The van der Waals surface area contributed by atoms with Crippen LogP contribution in [-0.2, 0) is 18.9 Å². The number of hydrogen-bond donors (Lipinski definition) is 0. The summed E-state index contributed by atoms with van der Waals surface area (Å²) >= 11 is 0. The third kappa shape index (κ3) is 9.70. The van der Waals surface area contributed by atoms with E-state index in [4.69, 9.17) is 18.9 Å². The highest BCUT2D eigenvalue weighted by Crippen LogP contribution is 2.43. The van der Waals surface area contributed by atoms with Gasteiger partial charge in [0.05, 0.1) is 30.5 Å². The van der Waals surface area contributed by atoms with Crippen molar-refractivity contribution in [3.05, 3.63) is 0 Å². The topological polar surface area (TPSA) is 40.2 Å². The summed E-state index contributed by atoms with van der Waals surface area (Å²) in [5.41, 5.74) is 0. The van der Waals surface area contributed by atoms with Crippen molar-refractivity contribution in [2.24, 2.45) is 11.8 Å². The average molecular weight is 441 g/mol. The molecule has 1 heterocycles. The molecule has 1 saturated carbocycles. The maximum absolute atomic E-state index is 6.52. The van der Waals surface area contributed by atoms with Crippen LogP contribution in [0.2, 0.25) is 0 Å². The lowest BCUT2D eigenvalue weighted by Gasteiger charge is -2.43. The quantitative estimate of drug-likeness (QED) is 0.132. The second-order valence-electron chi connectivity index (χ2n) is 10.8. The monoisotopic (exact) mass is 440 g/mol. The summed E-state index contributed by atoms with van der Waals surface area (Å²) in [4.78, 5) is 0. The van der Waals surface area contributed by atoms with Gasteiger partial charge in [-0.2, -0.15) is 0 Å². The van der Waals surface area contributed by atoms with Gasteiger partial charge in [-0.3, -0.25) is 0 Å². The lowest BCUT2D eigenvalue weighted by Crippen LogP contribution is -2.51. The molecule has 0 aromatic heterocycles. The number of hydrogen-bond acceptors (Lipinski definition) is 4. The van der Waals surface area contributed by atoms with Crippen LogP contribution in [0.25, 0.3) is 0 Å². The summed E-state index contributed by atoms with van der Waals surface area (Å²) in [5.74, 6) is 0.0714. The normalized spacial score (nSPS) is 24.8. The zero-order valence-corrected chi connectivity index (χ0v) is 21.7. The summed E-state index contributed by atoms with van der Waals surface area (Å²) in [6.07, 6.45) is 16.3. The zero-order valence-electron chi connectivity index (χ0n) is 21.7. The minimum atomic E-state index is -0.951. The van der Waals surface area contributed by atoms with Gasteiger partial charge in [0.15, 0.2) is 0 Å². The van der Waals surface area contributed by atoms with Gasteiger partial charge in [0.25, 0.3) is 5.97 Å². The summed E-state index contributed by atoms with van der Waals surface area (Å²) in [6, 6.07) is 0. The van der Waals surface area contributed by atoms with Crippen LogP contribution in [0.3, 0.4) is 0 Å². The van der Waals surface area contributed by atoms with Gasteiger partial charge in [0.2, 0.25) is 0 Å². The fourth-order valence-electron chi connectivity index (χ4n) is 5.21. The predicted octanol–water partition coefficient (Wildman–Crippen LogP) is 7.63. The van der Waals surface area contributed by atoms with Gasteiger partial charge in [0, 0.05) is 5.92 Å². The molecule has 1 saturated heterocycles. The highest BCUT2D eigenvalue weighted by Gasteiger charge is 2.47. The molecule has 1 aliphatic heterocycles. The molecule has 4 heteroatoms. The molecule has 0 bridgehead atoms. The maximum atomic E-state index is 6.52. The van der Waals surface area contributed by atoms with Gasteiger partial charge in [-0.1, -0.05) is 45.4 Å². The molecule has 184 valence electrons. The number of ether oxygens (including phenoxy) is 4. The van der Waals surface area contributed by atoms with Crippen LogP contribution >= 0.6 is 0 Å². The number of rotatable bonds is 17. The van der Waals surface area contributed by atoms with Crippen molar-refractivity contribution in [1.82, 2.24) is 0 Å². The third-order valence-electron chi connectivity index (χ3n) is 6.64. The Hall–Kier alpha value is -0.160. The molecule has 0 aromatic rings. The highest BCUT2D eigenvalue weighted by atomic mass is 16.9. The van der Waals surface area contributed by atoms with E-state index < -0.39 is 5.97 Å². The Labute approximate surface area is 193 Å². The van der Waals surface area contributed by atoms with Crippen molar-refractivity contribution in [2.75, 3.05) is 0 Å². The van der Waals surface area contributed by atoms with E-state index in [1.165, 1.54) is 64.2 Å². The summed E-state index contributed by atoms with van der Waals surface area (Å²) in [6.45, 7) is 14.8. The fourth-order valence-corrected chi connectivity index (χ4v) is 5.21. The Bertz CT molecular complexity index is 449. The van der Waals surface area contributed by atoms with Gasteiger partial charge in [0.1, 0.15) is 0 Å². The van der Waals surface area contributed by atoms with Crippen molar-refractivity contribution in [2.45, 2.75) is 162 Å². The van der Waals surface area contributed by atoms with Gasteiger partial charge in [-0.25, -0.2) is 0 Å². The average Bonchev–Trinajstić information content (AvgIpc) is 3.43. The molecule has 4 nitrogen and oxygen atoms in total. The zero-order chi connectivity index (χ0) is 22.9. The van der Waals surface area contributed by atoms with E-state index in [0.717, 1.165) is 18.8 Å². The molecule has 0 N–H and O–H groups in total. The molecule has 4 atom stereocenters. The minimum absolute atomic E-state index is 0.0554. The first-order valence-corrected chi connectivity index (χ1v) is 13.4. The SMILES string of the molecule is CCCCCCCCC(CCC1CCC2OC2C1)C(OC(C)C)(OC(C)C)OC(C)C. The lowest BCUT2D eigenvalue weighted by molar-refractivity contribution is -0.433. The fraction of sp³-hybridized carbons (Fsp3) is 1.00. The predicted molar refractivity (Wildman–Crippen MR) is 128 cm³/mol. The van der Waals surface area contributed by atoms with Crippen LogP contribution in [0.5, 0.6) is 0 Å². The summed E-state index contributed by atoms with van der Waals surface area (Å²) in [7, 11) is 0. The lowest BCUT2D eigenvalue weighted by atomic mass is 9.82. The van der Waals surface area contributed by atoms with E-state index in [9.17, 15) is 0 Å². The maximum Gasteiger partial charge on any atom is 0.286 e. The molecule has 2 rings (SSSR count). The molecular weight excluding hydrogens is 388 g/mol. The summed E-state index contributed by atoms with van der Waals surface area (Å²) < 4.78 is 25.3. The Balaban J connectivity index is 2.07. The molecule has 0 aromatic carbocycles. The second-order valence-corrected chi connectivity index (χ2v) is 10.8. The van der Waals surface area contributed by atoms with Crippen LogP contribution in [-0.4, -0.2) is 36.5 Å². The van der Waals surface area contributed by atoms with Gasteiger partial charge in [-0.05, 0) is 86.0 Å². The first-order valence-electron chi connectivity index (χ1n) is 13.4. The molecule has 31 heavy (non-hydrogen) atoms. The van der Waals surface area contributed by atoms with Crippen molar-refractivity contribution < 1.29 is 18.9 Å². The summed E-state index contributed by atoms with van der Waals surface area (Å²) in [5, 5.41) is 0. The van der Waals surface area contributed by atoms with Crippen LogP contribution in [0.1, 0.15) is 126 Å². The minimum Gasteiger partial charge on any atom is -0.370 e. The molecular formula is C27H52O4. The first kappa shape index (κ1) is 27.1. The van der Waals surface area contributed by atoms with Crippen LogP contribution in [0.15, 0.2) is 0 Å². The van der Waals surface area contributed by atoms with Gasteiger partial charge < -0.3 is 18.9 Å². The van der Waals surface area contributed by atoms with E-state index in [0.29, 0.717) is 12.2 Å². The van der Waals surface area contributed by atoms with Crippen LogP contribution < -0.4 is 0 Å². The van der Waals surface area contributed by atoms with Crippen molar-refractivity contribution in [3.63, 3.8) is 0 Å². The Morgan fingerprint density at radius 2 is 1.32 bits per heavy atom. The third-order valence-corrected chi connectivity index (χ3v) is 6.64. The van der Waals surface area contributed by atoms with E-state index in [2.05, 4.69) is 48.5 Å². The molecule has 4 unspecified atom stereocenters. The van der Waals surface area contributed by atoms with E-state index in [-0.39, 0.29) is 24.2 Å². The molecule has 2 aliphatic rings. The Kier molecular flexibility index (Phi) is 11.8. The van der Waals surface area contributed by atoms with E-state index >= 15 is 0 Å². The van der Waals surface area contributed by atoms with Crippen molar-refractivity contribution >= 4 is 0 Å². The molecule has 0 radical (unpaired) electrons. The number of fused-ring (bicyclic) bond motifs is 1. The first-order chi connectivity index (χ1) is 14.8. The highest BCUT2D eigenvalue weighted by molar-refractivity contribution is 4.92. The van der Waals surface area contributed by atoms with E-state index in [1.54, 1.807) is 0 Å². The van der Waals surface area contributed by atoms with Crippen LogP contribution in [0, 0.1) is 11.8 Å². The number of epoxide rings is 1. The standard InChI is InChI=1S/C27H52O4/c1-8-9-10-11-12-13-14-24(17-15-23-16-18-25-26(19-23)28-25)27(29-20(2)3,30-21(4)5)31-22(6)7/h20-26H,8-19H2,1-7H3. The molecule has 0 spiro atoms.